The van der Waals surface area contributed by atoms with Crippen LogP contribution in [-0.2, 0) is 9.59 Å². The molecular formula is C25H21F6N5O5. The summed E-state index contributed by atoms with van der Waals surface area (Å²) in [6.07, 6.45) is -6.70. The van der Waals surface area contributed by atoms with Gasteiger partial charge in [-0.1, -0.05) is 24.3 Å². The van der Waals surface area contributed by atoms with Crippen molar-refractivity contribution < 1.29 is 51.3 Å². The van der Waals surface area contributed by atoms with Gasteiger partial charge in [-0.2, -0.15) is 26.3 Å². The first-order valence-corrected chi connectivity index (χ1v) is 11.6. The Hall–Kier alpha value is -4.73. The number of nitrogens with zero attached hydrogens (tertiary/aromatic N) is 4. The van der Waals surface area contributed by atoms with Crippen LogP contribution in [0.15, 0.2) is 55.0 Å². The maximum Gasteiger partial charge on any atom is 0.490 e. The number of anilines is 1. The summed E-state index contributed by atoms with van der Waals surface area (Å²) in [5, 5.41) is 30.7. The Morgan fingerprint density at radius 1 is 0.829 bits per heavy atom. The molecule has 1 saturated heterocycles. The fraction of sp³-hybridized carbons (Fsp3) is 0.240. The van der Waals surface area contributed by atoms with E-state index in [0.29, 0.717) is 0 Å². The number of hydrogen-bond acceptors (Lipinski definition) is 8. The summed E-state index contributed by atoms with van der Waals surface area (Å²) < 4.78 is 63.5. The summed E-state index contributed by atoms with van der Waals surface area (Å²) in [5.41, 5.74) is 2.55. The average Bonchev–Trinajstić information content (AvgIpc) is 2.92. The van der Waals surface area contributed by atoms with E-state index in [-0.39, 0.29) is 5.75 Å². The Bertz CT molecular complexity index is 1520. The number of benzene rings is 2. The first-order valence-electron chi connectivity index (χ1n) is 11.6. The number of carboxylic acid groups (broad SMARTS) is 2. The summed E-state index contributed by atoms with van der Waals surface area (Å²) in [7, 11) is 0. The van der Waals surface area contributed by atoms with Gasteiger partial charge >= 0.3 is 24.3 Å². The Balaban J connectivity index is 0.000000276. The normalized spacial score (nSPS) is 13.6. The third-order valence-corrected chi connectivity index (χ3v) is 5.52. The number of phenols is 1. The van der Waals surface area contributed by atoms with Crippen LogP contribution in [0.2, 0.25) is 0 Å². The minimum absolute atomic E-state index is 0.231. The molecule has 0 atom stereocenters. The van der Waals surface area contributed by atoms with E-state index >= 15 is 0 Å². The molecule has 0 amide bonds. The molecule has 1 aliphatic rings. The number of aliphatic carboxylic acids is 2. The number of rotatable bonds is 2. The second-order valence-electron chi connectivity index (χ2n) is 8.34. The minimum atomic E-state index is -5.08. The van der Waals surface area contributed by atoms with Gasteiger partial charge in [0.25, 0.3) is 0 Å². The predicted octanol–water partition coefficient (Wildman–Crippen LogP) is 4.23. The van der Waals surface area contributed by atoms with Crippen LogP contribution in [0.5, 0.6) is 5.75 Å². The van der Waals surface area contributed by atoms with E-state index in [4.69, 9.17) is 24.8 Å². The topological polar surface area (TPSA) is 149 Å². The van der Waals surface area contributed by atoms with Gasteiger partial charge in [0.05, 0.1) is 16.6 Å². The molecule has 5 rings (SSSR count). The number of fused-ring (bicyclic) bond motifs is 2. The number of carboxylic acids is 2. The first-order chi connectivity index (χ1) is 19.2. The average molecular weight is 585 g/mol. The number of halogens is 6. The van der Waals surface area contributed by atoms with E-state index in [1.165, 1.54) is 0 Å². The van der Waals surface area contributed by atoms with E-state index in [1.807, 2.05) is 36.5 Å². The van der Waals surface area contributed by atoms with Crippen LogP contribution < -0.4 is 10.2 Å². The van der Waals surface area contributed by atoms with Crippen LogP contribution in [-0.4, -0.2) is 80.7 Å². The SMILES string of the molecule is O=C(O)C(F)(F)F.O=C(O)C(F)(F)F.Oc1cc(-c2cc3ncnc(N4CCNCC4)c3cn2)c2ccccc2c1. The van der Waals surface area contributed by atoms with Crippen molar-refractivity contribution in [3.63, 3.8) is 0 Å². The molecule has 0 aliphatic carbocycles. The van der Waals surface area contributed by atoms with Crippen LogP contribution in [0, 0.1) is 0 Å². The molecule has 0 unspecified atom stereocenters. The zero-order valence-electron chi connectivity index (χ0n) is 20.7. The van der Waals surface area contributed by atoms with Gasteiger partial charge in [0.1, 0.15) is 17.9 Å². The number of phenolic OH excluding ortho intramolecular Hbond substituents is 1. The third-order valence-electron chi connectivity index (χ3n) is 5.52. The fourth-order valence-corrected chi connectivity index (χ4v) is 3.72. The molecule has 2 aromatic carbocycles. The van der Waals surface area contributed by atoms with Gasteiger partial charge in [-0.05, 0) is 29.0 Å². The molecule has 4 aromatic rings. The molecular weight excluding hydrogens is 564 g/mol. The quantitative estimate of drug-likeness (QED) is 0.252. The van der Waals surface area contributed by atoms with Crippen molar-refractivity contribution in [2.45, 2.75) is 12.4 Å². The van der Waals surface area contributed by atoms with Crippen molar-refractivity contribution in [2.24, 2.45) is 0 Å². The highest BCUT2D eigenvalue weighted by atomic mass is 19.4. The number of hydrogen-bond donors (Lipinski definition) is 4. The van der Waals surface area contributed by atoms with Crippen molar-refractivity contribution >= 4 is 39.4 Å². The highest BCUT2D eigenvalue weighted by Crippen LogP contribution is 2.33. The smallest absolute Gasteiger partial charge is 0.490 e. The minimum Gasteiger partial charge on any atom is -0.508 e. The molecule has 1 fully saturated rings. The second kappa shape index (κ2) is 12.6. The molecule has 218 valence electrons. The van der Waals surface area contributed by atoms with Crippen molar-refractivity contribution in [3.05, 3.63) is 55.0 Å². The predicted molar refractivity (Wildman–Crippen MR) is 134 cm³/mol. The number of aromatic nitrogens is 3. The van der Waals surface area contributed by atoms with Gasteiger partial charge in [0.2, 0.25) is 0 Å². The Morgan fingerprint density at radius 3 is 2.00 bits per heavy atom. The van der Waals surface area contributed by atoms with Gasteiger partial charge in [-0.25, -0.2) is 19.6 Å². The maximum absolute atomic E-state index is 10.6. The second-order valence-corrected chi connectivity index (χ2v) is 8.34. The van der Waals surface area contributed by atoms with E-state index in [1.54, 1.807) is 18.5 Å². The largest absolute Gasteiger partial charge is 0.508 e. The number of alkyl halides is 6. The van der Waals surface area contributed by atoms with E-state index in [2.05, 4.69) is 20.2 Å². The molecule has 10 nitrogen and oxygen atoms in total. The van der Waals surface area contributed by atoms with Crippen LogP contribution in [0.3, 0.4) is 0 Å². The maximum atomic E-state index is 10.6. The molecule has 0 spiro atoms. The van der Waals surface area contributed by atoms with E-state index in [9.17, 15) is 31.4 Å². The van der Waals surface area contributed by atoms with Crippen molar-refractivity contribution in [1.29, 1.82) is 0 Å². The number of piperazine rings is 1. The highest BCUT2D eigenvalue weighted by Gasteiger charge is 2.38. The van der Waals surface area contributed by atoms with Crippen molar-refractivity contribution in [2.75, 3.05) is 31.1 Å². The zero-order valence-corrected chi connectivity index (χ0v) is 20.7. The molecule has 2 aromatic heterocycles. The summed E-state index contributed by atoms with van der Waals surface area (Å²) in [6.45, 7) is 3.74. The van der Waals surface area contributed by atoms with Crippen LogP contribution in [0.1, 0.15) is 0 Å². The van der Waals surface area contributed by atoms with Gasteiger partial charge in [-0.3, -0.25) is 4.98 Å². The van der Waals surface area contributed by atoms with Crippen LogP contribution in [0.4, 0.5) is 32.2 Å². The molecule has 4 N–H and O–H groups in total. The van der Waals surface area contributed by atoms with Gasteiger partial charge in [0, 0.05) is 37.9 Å². The number of nitrogens with one attached hydrogen (secondary N) is 1. The number of pyridine rings is 1. The Morgan fingerprint density at radius 2 is 1.41 bits per heavy atom. The van der Waals surface area contributed by atoms with Gasteiger partial charge in [-0.15, -0.1) is 0 Å². The van der Waals surface area contributed by atoms with E-state index in [0.717, 1.165) is 64.9 Å². The summed E-state index contributed by atoms with van der Waals surface area (Å²) in [6, 6.07) is 13.5. The monoisotopic (exact) mass is 585 g/mol. The van der Waals surface area contributed by atoms with Crippen molar-refractivity contribution in [1.82, 2.24) is 20.3 Å². The molecule has 16 heteroatoms. The number of aromatic hydroxyl groups is 1. The van der Waals surface area contributed by atoms with Crippen LogP contribution >= 0.6 is 0 Å². The van der Waals surface area contributed by atoms with Crippen molar-refractivity contribution in [3.8, 4) is 17.0 Å². The lowest BCUT2D eigenvalue weighted by atomic mass is 10.0. The molecule has 0 saturated carbocycles. The van der Waals surface area contributed by atoms with Gasteiger partial charge < -0.3 is 25.5 Å². The van der Waals surface area contributed by atoms with E-state index < -0.39 is 24.3 Å². The Kier molecular flexibility index (Phi) is 9.49. The van der Waals surface area contributed by atoms with Gasteiger partial charge in [0.15, 0.2) is 0 Å². The molecule has 0 bridgehead atoms. The lowest BCUT2D eigenvalue weighted by molar-refractivity contribution is -0.193. The summed E-state index contributed by atoms with van der Waals surface area (Å²) in [5.74, 6) is -4.35. The first kappa shape index (κ1) is 30.8. The summed E-state index contributed by atoms with van der Waals surface area (Å²) >= 11 is 0. The lowest BCUT2D eigenvalue weighted by Gasteiger charge is -2.29. The fourth-order valence-electron chi connectivity index (χ4n) is 3.72. The zero-order chi connectivity index (χ0) is 30.4. The number of carbonyl (C=O) groups is 2. The summed E-state index contributed by atoms with van der Waals surface area (Å²) in [4.78, 5) is 33.7. The third kappa shape index (κ3) is 8.14. The van der Waals surface area contributed by atoms with Crippen LogP contribution in [0.25, 0.3) is 32.9 Å². The molecule has 0 radical (unpaired) electrons. The Labute approximate surface area is 226 Å². The highest BCUT2D eigenvalue weighted by molar-refractivity contribution is 5.99. The standard InChI is InChI=1S/C21H19N5O.2C2HF3O2/c27-15-9-14-3-1-2-4-16(14)17(10-15)19-11-20-18(12-23-19)21(25-13-24-20)26-7-5-22-6-8-26;2*3-2(4,5)1(6)7/h1-4,9-13,22,27H,5-8H2;2*(H,6,7). The molecule has 1 aliphatic heterocycles. The molecule has 3 heterocycles. The lowest BCUT2D eigenvalue weighted by Crippen LogP contribution is -2.44. The molecule has 41 heavy (non-hydrogen) atoms.